The van der Waals surface area contributed by atoms with Gasteiger partial charge >= 0.3 is 0 Å². The molecule has 1 aliphatic heterocycles. The van der Waals surface area contributed by atoms with E-state index in [0.717, 1.165) is 16.9 Å². The third kappa shape index (κ3) is 1.12. The zero-order valence-electron chi connectivity index (χ0n) is 5.78. The van der Waals surface area contributed by atoms with E-state index in [1.54, 1.807) is 11.8 Å². The quantitative estimate of drug-likeness (QED) is 0.642. The van der Waals surface area contributed by atoms with Crippen molar-refractivity contribution in [2.75, 3.05) is 5.32 Å². The highest BCUT2D eigenvalue weighted by Gasteiger charge is 2.18. The van der Waals surface area contributed by atoms with Gasteiger partial charge in [0.05, 0.1) is 0 Å². The highest BCUT2D eigenvalue weighted by atomic mass is 32.2. The Hall–Kier alpha value is -0.960. The molecule has 0 aliphatic carbocycles. The molecule has 3 heteroatoms. The van der Waals surface area contributed by atoms with Crippen LogP contribution in [0.2, 0.25) is 0 Å². The lowest BCUT2D eigenvalue weighted by Gasteiger charge is -1.97. The summed E-state index contributed by atoms with van der Waals surface area (Å²) >= 11 is 1.56. The Bertz CT molecular complexity index is 262. The van der Waals surface area contributed by atoms with Gasteiger partial charge in [0.2, 0.25) is 0 Å². The lowest BCUT2D eigenvalue weighted by Crippen LogP contribution is -2.10. The summed E-state index contributed by atoms with van der Waals surface area (Å²) in [7, 11) is 0. The molecule has 2 nitrogen and oxygen atoms in total. The van der Waals surface area contributed by atoms with E-state index in [2.05, 4.69) is 5.32 Å². The fraction of sp³-hybridized carbons (Fsp3) is 0.125. The number of benzene rings is 1. The van der Waals surface area contributed by atoms with Gasteiger partial charge in [-0.2, -0.15) is 0 Å². The summed E-state index contributed by atoms with van der Waals surface area (Å²) in [6.45, 7) is 0. The van der Waals surface area contributed by atoms with Gasteiger partial charge in [0.1, 0.15) is 5.37 Å². The van der Waals surface area contributed by atoms with Gasteiger partial charge < -0.3 is 10.1 Å². The minimum atomic E-state index is -0.0904. The molecule has 1 aromatic carbocycles. The van der Waals surface area contributed by atoms with Gasteiger partial charge in [0.25, 0.3) is 0 Å². The molecule has 2 rings (SSSR count). The lowest BCUT2D eigenvalue weighted by molar-refractivity contribution is -0.107. The van der Waals surface area contributed by atoms with Gasteiger partial charge in [0, 0.05) is 10.6 Å². The van der Waals surface area contributed by atoms with Crippen LogP contribution in [0.3, 0.4) is 0 Å². The number of fused-ring (bicyclic) bond motifs is 1. The number of thioether (sulfide) groups is 1. The van der Waals surface area contributed by atoms with Crippen molar-refractivity contribution in [2.45, 2.75) is 10.3 Å². The molecule has 0 saturated carbocycles. The van der Waals surface area contributed by atoms with Gasteiger partial charge in [-0.05, 0) is 12.1 Å². The molecule has 56 valence electrons. The first-order chi connectivity index (χ1) is 5.40. The Morgan fingerprint density at radius 3 is 3.00 bits per heavy atom. The van der Waals surface area contributed by atoms with E-state index in [1.807, 2.05) is 24.3 Å². The fourth-order valence-corrected chi connectivity index (χ4v) is 2.00. The van der Waals surface area contributed by atoms with E-state index < -0.39 is 0 Å². The number of anilines is 1. The number of carbonyl (C=O) groups is 1. The van der Waals surface area contributed by atoms with E-state index in [1.165, 1.54) is 0 Å². The SMILES string of the molecule is O=CC1Nc2ccccc2S1. The number of nitrogens with one attached hydrogen (secondary N) is 1. The standard InChI is InChI=1S/C8H7NOS/c10-5-8-9-6-3-1-2-4-7(6)11-8/h1-5,8-9H. The number of aldehydes is 1. The van der Waals surface area contributed by atoms with Crippen LogP contribution in [0.5, 0.6) is 0 Å². The van der Waals surface area contributed by atoms with Crippen LogP contribution in [-0.4, -0.2) is 11.7 Å². The number of carbonyl (C=O) groups excluding carboxylic acids is 1. The maximum absolute atomic E-state index is 10.4. The van der Waals surface area contributed by atoms with E-state index in [0.29, 0.717) is 0 Å². The van der Waals surface area contributed by atoms with Crippen LogP contribution in [0.15, 0.2) is 29.2 Å². The van der Waals surface area contributed by atoms with E-state index in [4.69, 9.17) is 0 Å². The second-order valence-electron chi connectivity index (χ2n) is 2.32. The first kappa shape index (κ1) is 6.73. The summed E-state index contributed by atoms with van der Waals surface area (Å²) in [5, 5.41) is 2.99. The maximum atomic E-state index is 10.4. The second kappa shape index (κ2) is 2.58. The van der Waals surface area contributed by atoms with Crippen molar-refractivity contribution in [1.29, 1.82) is 0 Å². The number of para-hydroxylation sites is 1. The normalized spacial score (nSPS) is 20.5. The Labute approximate surface area is 69.0 Å². The molecule has 0 spiro atoms. The molecule has 0 amide bonds. The molecule has 1 aliphatic rings. The zero-order chi connectivity index (χ0) is 7.68. The molecule has 0 radical (unpaired) electrons. The second-order valence-corrected chi connectivity index (χ2v) is 3.50. The largest absolute Gasteiger partial charge is 0.366 e. The van der Waals surface area contributed by atoms with Crippen molar-refractivity contribution in [3.63, 3.8) is 0 Å². The molecule has 0 bridgehead atoms. The molecule has 11 heavy (non-hydrogen) atoms. The number of rotatable bonds is 1. The summed E-state index contributed by atoms with van der Waals surface area (Å²) in [6.07, 6.45) is 0.921. The third-order valence-corrected chi connectivity index (χ3v) is 2.66. The summed E-state index contributed by atoms with van der Waals surface area (Å²) in [5.74, 6) is 0. The van der Waals surface area contributed by atoms with Gasteiger partial charge in [-0.25, -0.2) is 0 Å². The van der Waals surface area contributed by atoms with Crippen LogP contribution < -0.4 is 5.32 Å². The average Bonchev–Trinajstić information content (AvgIpc) is 2.46. The Morgan fingerprint density at radius 2 is 2.27 bits per heavy atom. The fourth-order valence-electron chi connectivity index (χ4n) is 1.07. The van der Waals surface area contributed by atoms with Crippen molar-refractivity contribution in [1.82, 2.24) is 0 Å². The molecule has 0 aromatic heterocycles. The van der Waals surface area contributed by atoms with Crippen LogP contribution in [0.1, 0.15) is 0 Å². The van der Waals surface area contributed by atoms with Gasteiger partial charge in [-0.3, -0.25) is 0 Å². The monoisotopic (exact) mass is 165 g/mol. The molecule has 1 atom stereocenters. The van der Waals surface area contributed by atoms with Crippen molar-refractivity contribution >= 4 is 23.7 Å². The van der Waals surface area contributed by atoms with Gasteiger partial charge in [-0.15, -0.1) is 0 Å². The first-order valence-electron chi connectivity index (χ1n) is 3.37. The lowest BCUT2D eigenvalue weighted by atomic mass is 10.3. The first-order valence-corrected chi connectivity index (χ1v) is 4.25. The van der Waals surface area contributed by atoms with E-state index in [-0.39, 0.29) is 5.37 Å². The minimum Gasteiger partial charge on any atom is -0.366 e. The van der Waals surface area contributed by atoms with E-state index >= 15 is 0 Å². The summed E-state index contributed by atoms with van der Waals surface area (Å²) in [5.41, 5.74) is 1.06. The Morgan fingerprint density at radius 1 is 1.45 bits per heavy atom. The summed E-state index contributed by atoms with van der Waals surface area (Å²) in [4.78, 5) is 11.5. The predicted octanol–water partition coefficient (Wildman–Crippen LogP) is 1.73. The molecular formula is C8H7NOS. The van der Waals surface area contributed by atoms with Crippen molar-refractivity contribution in [2.24, 2.45) is 0 Å². The minimum absolute atomic E-state index is 0.0904. The average molecular weight is 165 g/mol. The van der Waals surface area contributed by atoms with Crippen LogP contribution in [-0.2, 0) is 4.79 Å². The molecule has 1 N–H and O–H groups in total. The molecule has 0 saturated heterocycles. The molecule has 0 fully saturated rings. The summed E-state index contributed by atoms with van der Waals surface area (Å²) < 4.78 is 0. The van der Waals surface area contributed by atoms with Gasteiger partial charge in [-0.1, -0.05) is 23.9 Å². The topological polar surface area (TPSA) is 29.1 Å². The van der Waals surface area contributed by atoms with Crippen LogP contribution in [0.25, 0.3) is 0 Å². The molecule has 1 heterocycles. The highest BCUT2D eigenvalue weighted by Crippen LogP contribution is 2.36. The number of hydrogen-bond acceptors (Lipinski definition) is 3. The van der Waals surface area contributed by atoms with E-state index in [9.17, 15) is 4.79 Å². The third-order valence-electron chi connectivity index (χ3n) is 1.56. The summed E-state index contributed by atoms with van der Waals surface area (Å²) in [6, 6.07) is 7.92. The highest BCUT2D eigenvalue weighted by molar-refractivity contribution is 8.01. The Balaban J connectivity index is 2.33. The van der Waals surface area contributed by atoms with Gasteiger partial charge in [0.15, 0.2) is 6.29 Å². The van der Waals surface area contributed by atoms with Crippen molar-refractivity contribution in [3.05, 3.63) is 24.3 Å². The molecule has 1 aromatic rings. The van der Waals surface area contributed by atoms with Crippen LogP contribution >= 0.6 is 11.8 Å². The smallest absolute Gasteiger partial charge is 0.152 e. The molecular weight excluding hydrogens is 158 g/mol. The van der Waals surface area contributed by atoms with Crippen molar-refractivity contribution < 1.29 is 4.79 Å². The van der Waals surface area contributed by atoms with Crippen LogP contribution in [0, 0.1) is 0 Å². The maximum Gasteiger partial charge on any atom is 0.152 e. The van der Waals surface area contributed by atoms with Crippen LogP contribution in [0.4, 0.5) is 5.69 Å². The zero-order valence-corrected chi connectivity index (χ0v) is 6.60. The predicted molar refractivity (Wildman–Crippen MR) is 45.8 cm³/mol. The molecule has 1 unspecified atom stereocenters. The van der Waals surface area contributed by atoms with Crippen molar-refractivity contribution in [3.8, 4) is 0 Å². The Kier molecular flexibility index (Phi) is 1.58. The number of hydrogen-bond donors (Lipinski definition) is 1.